The second-order valence-corrected chi connectivity index (χ2v) is 3.41. The number of H-pyrrole nitrogens is 1. The lowest BCUT2D eigenvalue weighted by Gasteiger charge is -2.06. The lowest BCUT2D eigenvalue weighted by Crippen LogP contribution is -2.12. The fourth-order valence-electron chi connectivity index (χ4n) is 1.24. The quantitative estimate of drug-likeness (QED) is 0.863. The smallest absolute Gasteiger partial charge is 0.368 e. The Kier molecular flexibility index (Phi) is 3.40. The molecule has 0 aliphatic carbocycles. The largest absolute Gasteiger partial charge is 0.435 e. The minimum absolute atomic E-state index is 0.280. The molecular formula is C9H9F3N6. The van der Waals surface area contributed by atoms with Gasteiger partial charge in [0.25, 0.3) is 0 Å². The van der Waals surface area contributed by atoms with Gasteiger partial charge in [0.05, 0.1) is 0 Å². The third kappa shape index (κ3) is 3.15. The monoisotopic (exact) mass is 258 g/mol. The number of alkyl halides is 3. The summed E-state index contributed by atoms with van der Waals surface area (Å²) in [5.74, 6) is 0.963. The molecule has 0 spiro atoms. The molecule has 96 valence electrons. The predicted molar refractivity (Wildman–Crippen MR) is 55.6 cm³/mol. The van der Waals surface area contributed by atoms with Crippen molar-refractivity contribution in [3.63, 3.8) is 0 Å². The zero-order valence-electron chi connectivity index (χ0n) is 9.07. The van der Waals surface area contributed by atoms with E-state index in [0.29, 0.717) is 18.8 Å². The van der Waals surface area contributed by atoms with Gasteiger partial charge in [-0.25, -0.2) is 4.98 Å². The number of aromatic nitrogens is 5. The number of hydrogen-bond donors (Lipinski definition) is 2. The minimum Gasteiger partial charge on any atom is -0.368 e. The first kappa shape index (κ1) is 12.3. The van der Waals surface area contributed by atoms with Crippen molar-refractivity contribution >= 4 is 5.82 Å². The topological polar surface area (TPSA) is 79.4 Å². The van der Waals surface area contributed by atoms with Crippen LogP contribution in [0.4, 0.5) is 19.0 Å². The molecule has 2 aromatic rings. The van der Waals surface area contributed by atoms with Crippen LogP contribution in [0.2, 0.25) is 0 Å². The lowest BCUT2D eigenvalue weighted by molar-refractivity contribution is -0.141. The van der Waals surface area contributed by atoms with Crippen LogP contribution in [0, 0.1) is 0 Å². The summed E-state index contributed by atoms with van der Waals surface area (Å²) < 4.78 is 36.6. The number of nitrogens with one attached hydrogen (secondary N) is 2. The summed E-state index contributed by atoms with van der Waals surface area (Å²) in [4.78, 5) is 3.90. The highest BCUT2D eigenvalue weighted by atomic mass is 19.4. The molecule has 2 rings (SSSR count). The fourth-order valence-corrected chi connectivity index (χ4v) is 1.24. The van der Waals surface area contributed by atoms with E-state index in [9.17, 15) is 13.2 Å². The van der Waals surface area contributed by atoms with E-state index < -0.39 is 11.9 Å². The molecule has 0 bridgehead atoms. The number of anilines is 1. The van der Waals surface area contributed by atoms with E-state index in [1.54, 1.807) is 0 Å². The van der Waals surface area contributed by atoms with E-state index >= 15 is 0 Å². The third-order valence-corrected chi connectivity index (χ3v) is 2.09. The van der Waals surface area contributed by atoms with Gasteiger partial charge in [-0.05, 0) is 12.1 Å². The van der Waals surface area contributed by atoms with Crippen LogP contribution in [-0.4, -0.2) is 31.9 Å². The normalized spacial score (nSPS) is 11.5. The van der Waals surface area contributed by atoms with E-state index in [4.69, 9.17) is 0 Å². The van der Waals surface area contributed by atoms with Crippen molar-refractivity contribution in [2.75, 3.05) is 11.9 Å². The highest BCUT2D eigenvalue weighted by Gasteiger charge is 2.32. The number of halogens is 3. The molecule has 2 N–H and O–H groups in total. The summed E-state index contributed by atoms with van der Waals surface area (Å²) in [6.07, 6.45) is -2.53. The van der Waals surface area contributed by atoms with Crippen LogP contribution in [0.3, 0.4) is 0 Å². The second kappa shape index (κ2) is 4.98. The average molecular weight is 258 g/mol. The Bertz CT molecular complexity index is 478. The van der Waals surface area contributed by atoms with E-state index in [0.717, 1.165) is 6.07 Å². The molecule has 18 heavy (non-hydrogen) atoms. The van der Waals surface area contributed by atoms with Gasteiger partial charge in [0, 0.05) is 13.0 Å². The highest BCUT2D eigenvalue weighted by Crippen LogP contribution is 2.26. The molecular weight excluding hydrogens is 249 g/mol. The van der Waals surface area contributed by atoms with Crippen molar-refractivity contribution in [2.45, 2.75) is 12.6 Å². The second-order valence-electron chi connectivity index (χ2n) is 3.41. The molecule has 2 aromatic heterocycles. The van der Waals surface area contributed by atoms with Gasteiger partial charge in [-0.1, -0.05) is 0 Å². The first-order chi connectivity index (χ1) is 8.55. The fraction of sp³-hybridized carbons (Fsp3) is 0.333. The molecule has 0 saturated carbocycles. The maximum absolute atomic E-state index is 12.2. The van der Waals surface area contributed by atoms with Crippen LogP contribution in [0.5, 0.6) is 0 Å². The Morgan fingerprint density at radius 1 is 1.22 bits per heavy atom. The van der Waals surface area contributed by atoms with Crippen molar-refractivity contribution in [2.24, 2.45) is 0 Å². The summed E-state index contributed by atoms with van der Waals surface area (Å²) in [6.45, 7) is 0.467. The first-order valence-electron chi connectivity index (χ1n) is 5.05. The Morgan fingerprint density at radius 3 is 2.61 bits per heavy atom. The van der Waals surface area contributed by atoms with Gasteiger partial charge in [-0.15, -0.1) is 10.2 Å². The zero-order chi connectivity index (χ0) is 13.0. The Hall–Kier alpha value is -2.19. The molecule has 0 aliphatic heterocycles. The number of nitrogens with zero attached hydrogens (tertiary/aromatic N) is 4. The van der Waals surface area contributed by atoms with Gasteiger partial charge in [0.15, 0.2) is 5.69 Å². The minimum atomic E-state index is -4.47. The van der Waals surface area contributed by atoms with E-state index in [2.05, 4.69) is 30.7 Å². The summed E-state index contributed by atoms with van der Waals surface area (Å²) in [5.41, 5.74) is -1.01. The number of hydrogen-bond acceptors (Lipinski definition) is 5. The Balaban J connectivity index is 1.87. The van der Waals surface area contributed by atoms with Crippen molar-refractivity contribution in [1.29, 1.82) is 0 Å². The molecule has 0 unspecified atom stereocenters. The third-order valence-electron chi connectivity index (χ3n) is 2.09. The molecule has 0 aliphatic rings. The first-order valence-corrected chi connectivity index (χ1v) is 5.05. The van der Waals surface area contributed by atoms with Crippen LogP contribution < -0.4 is 5.32 Å². The van der Waals surface area contributed by atoms with E-state index in [1.165, 1.54) is 12.4 Å². The molecule has 0 aromatic carbocycles. The Labute approximate surface area is 99.7 Å². The number of aromatic amines is 1. The predicted octanol–water partition coefficient (Wildman–Crippen LogP) is 1.27. The lowest BCUT2D eigenvalue weighted by atomic mass is 10.3. The van der Waals surface area contributed by atoms with Crippen LogP contribution >= 0.6 is 0 Å². The van der Waals surface area contributed by atoms with Gasteiger partial charge >= 0.3 is 6.18 Å². The summed E-state index contributed by atoms with van der Waals surface area (Å²) in [5, 5.41) is 15.7. The molecule has 0 fully saturated rings. The molecule has 6 nitrogen and oxygen atoms in total. The van der Waals surface area contributed by atoms with Gasteiger partial charge in [-0.3, -0.25) is 5.10 Å². The van der Waals surface area contributed by atoms with Crippen molar-refractivity contribution in [3.05, 3.63) is 30.0 Å². The van der Waals surface area contributed by atoms with Crippen LogP contribution in [-0.2, 0) is 12.6 Å². The Morgan fingerprint density at radius 2 is 2.06 bits per heavy atom. The highest BCUT2D eigenvalue weighted by molar-refractivity contribution is 5.33. The summed E-state index contributed by atoms with van der Waals surface area (Å²) >= 11 is 0. The van der Waals surface area contributed by atoms with E-state index in [-0.39, 0.29) is 5.82 Å². The van der Waals surface area contributed by atoms with Crippen molar-refractivity contribution in [1.82, 2.24) is 25.4 Å². The maximum atomic E-state index is 12.2. The molecule has 2 heterocycles. The maximum Gasteiger partial charge on any atom is 0.435 e. The number of rotatable bonds is 4. The van der Waals surface area contributed by atoms with Gasteiger partial charge < -0.3 is 5.32 Å². The summed E-state index contributed by atoms with van der Waals surface area (Å²) in [6, 6.07) is 2.11. The molecule has 9 heteroatoms. The summed E-state index contributed by atoms with van der Waals surface area (Å²) in [7, 11) is 0. The standard InChI is InChI=1S/C9H9F3N6/c10-9(11,12)6-1-2-7(18-16-6)13-4-3-8-14-5-15-17-8/h1-2,5H,3-4H2,(H,13,18)(H,14,15,17). The average Bonchev–Trinajstić information content (AvgIpc) is 2.82. The van der Waals surface area contributed by atoms with Gasteiger partial charge in [0.1, 0.15) is 18.0 Å². The van der Waals surface area contributed by atoms with Gasteiger partial charge in [-0.2, -0.15) is 18.3 Å². The molecule has 0 saturated heterocycles. The van der Waals surface area contributed by atoms with Crippen LogP contribution in [0.25, 0.3) is 0 Å². The van der Waals surface area contributed by atoms with E-state index in [1.807, 2.05) is 0 Å². The zero-order valence-corrected chi connectivity index (χ0v) is 9.07. The SMILES string of the molecule is FC(F)(F)c1ccc(NCCc2ncn[nH]2)nn1. The van der Waals surface area contributed by atoms with Crippen LogP contribution in [0.15, 0.2) is 18.5 Å². The molecule has 0 atom stereocenters. The molecule has 0 amide bonds. The molecule has 0 radical (unpaired) electrons. The van der Waals surface area contributed by atoms with Crippen molar-refractivity contribution in [3.8, 4) is 0 Å². The van der Waals surface area contributed by atoms with Crippen molar-refractivity contribution < 1.29 is 13.2 Å². The van der Waals surface area contributed by atoms with Crippen LogP contribution in [0.1, 0.15) is 11.5 Å². The van der Waals surface area contributed by atoms with Gasteiger partial charge in [0.2, 0.25) is 0 Å².